The van der Waals surface area contributed by atoms with Crippen LogP contribution in [-0.4, -0.2) is 22.2 Å². The molecule has 0 bridgehead atoms. The van der Waals surface area contributed by atoms with Crippen molar-refractivity contribution in [3.8, 4) is 0 Å². The van der Waals surface area contributed by atoms with Gasteiger partial charge in [0.2, 0.25) is 0 Å². The van der Waals surface area contributed by atoms with Crippen LogP contribution in [0.1, 0.15) is 25.7 Å². The van der Waals surface area contributed by atoms with Crippen LogP contribution in [0.15, 0.2) is 24.5 Å². The van der Waals surface area contributed by atoms with Gasteiger partial charge in [0.15, 0.2) is 5.11 Å². The summed E-state index contributed by atoms with van der Waals surface area (Å²) in [5.41, 5.74) is 6.96. The number of rotatable bonds is 2. The molecule has 2 atom stereocenters. The summed E-state index contributed by atoms with van der Waals surface area (Å²) in [5, 5.41) is 7.02. The van der Waals surface area contributed by atoms with Gasteiger partial charge in [-0.25, -0.2) is 0 Å². The van der Waals surface area contributed by atoms with Crippen LogP contribution in [0.5, 0.6) is 0 Å². The summed E-state index contributed by atoms with van der Waals surface area (Å²) < 4.78 is 0. The Kier molecular flexibility index (Phi) is 4.28. The summed E-state index contributed by atoms with van der Waals surface area (Å²) in [6.45, 7) is 0. The zero-order chi connectivity index (χ0) is 12.1. The molecule has 1 aromatic heterocycles. The molecule has 0 aromatic carbocycles. The first-order valence-electron chi connectivity index (χ1n) is 5.99. The minimum Gasteiger partial charge on any atom is -0.358 e. The van der Waals surface area contributed by atoms with Crippen molar-refractivity contribution in [3.63, 3.8) is 0 Å². The first kappa shape index (κ1) is 12.3. The third kappa shape index (κ3) is 3.64. The van der Waals surface area contributed by atoms with Gasteiger partial charge in [-0.05, 0) is 37.2 Å². The number of nitrogens with two attached hydrogens (primary N) is 1. The van der Waals surface area contributed by atoms with Gasteiger partial charge in [0, 0.05) is 18.3 Å². The van der Waals surface area contributed by atoms with Crippen LogP contribution in [0, 0.1) is 0 Å². The van der Waals surface area contributed by atoms with E-state index < -0.39 is 0 Å². The Labute approximate surface area is 107 Å². The lowest BCUT2D eigenvalue weighted by Gasteiger charge is -2.30. The Morgan fingerprint density at radius 1 is 1.41 bits per heavy atom. The smallest absolute Gasteiger partial charge is 0.171 e. The van der Waals surface area contributed by atoms with Crippen LogP contribution in [0.25, 0.3) is 0 Å². The van der Waals surface area contributed by atoms with Crippen LogP contribution in [-0.2, 0) is 0 Å². The average Bonchev–Trinajstić information content (AvgIpc) is 2.33. The lowest BCUT2D eigenvalue weighted by atomic mass is 9.91. The molecule has 1 aromatic rings. The van der Waals surface area contributed by atoms with Crippen molar-refractivity contribution in [2.45, 2.75) is 37.8 Å². The third-order valence-corrected chi connectivity index (χ3v) is 3.28. The van der Waals surface area contributed by atoms with Crippen molar-refractivity contribution < 1.29 is 0 Å². The van der Waals surface area contributed by atoms with E-state index in [0.29, 0.717) is 11.2 Å². The maximum absolute atomic E-state index is 6.06. The van der Waals surface area contributed by atoms with Crippen molar-refractivity contribution in [2.75, 3.05) is 5.32 Å². The molecule has 4 nitrogen and oxygen atoms in total. The normalized spacial score (nSPS) is 24.1. The molecule has 1 saturated carbocycles. The van der Waals surface area contributed by atoms with E-state index in [0.717, 1.165) is 18.5 Å². The highest BCUT2D eigenvalue weighted by Crippen LogP contribution is 2.17. The second-order valence-corrected chi connectivity index (χ2v) is 4.80. The molecule has 17 heavy (non-hydrogen) atoms. The fourth-order valence-electron chi connectivity index (χ4n) is 2.11. The number of hydrogen-bond donors (Lipinski definition) is 3. The minimum absolute atomic E-state index is 0.206. The van der Waals surface area contributed by atoms with Gasteiger partial charge in [-0.1, -0.05) is 12.8 Å². The minimum atomic E-state index is 0.206. The van der Waals surface area contributed by atoms with Crippen molar-refractivity contribution in [3.05, 3.63) is 24.5 Å². The largest absolute Gasteiger partial charge is 0.358 e. The third-order valence-electron chi connectivity index (χ3n) is 3.06. The monoisotopic (exact) mass is 250 g/mol. The van der Waals surface area contributed by atoms with Crippen LogP contribution in [0.3, 0.4) is 0 Å². The molecule has 4 N–H and O–H groups in total. The van der Waals surface area contributed by atoms with E-state index in [4.69, 9.17) is 18.0 Å². The zero-order valence-electron chi connectivity index (χ0n) is 9.73. The number of pyridine rings is 1. The molecule has 0 unspecified atom stereocenters. The number of nitrogens with one attached hydrogen (secondary N) is 2. The van der Waals surface area contributed by atoms with Crippen LogP contribution in [0.4, 0.5) is 5.69 Å². The van der Waals surface area contributed by atoms with Gasteiger partial charge >= 0.3 is 0 Å². The number of anilines is 1. The molecule has 0 amide bonds. The fourth-order valence-corrected chi connectivity index (χ4v) is 2.38. The Morgan fingerprint density at radius 2 is 2.24 bits per heavy atom. The number of aromatic nitrogens is 1. The van der Waals surface area contributed by atoms with E-state index in [1.165, 1.54) is 12.8 Å². The van der Waals surface area contributed by atoms with Crippen molar-refractivity contribution in [1.82, 2.24) is 10.3 Å². The highest BCUT2D eigenvalue weighted by molar-refractivity contribution is 7.80. The summed E-state index contributed by atoms with van der Waals surface area (Å²) in [5.74, 6) is 0. The van der Waals surface area contributed by atoms with E-state index >= 15 is 0 Å². The maximum Gasteiger partial charge on any atom is 0.171 e. The summed E-state index contributed by atoms with van der Waals surface area (Å²) in [6.07, 6.45) is 8.10. The average molecular weight is 250 g/mol. The Balaban J connectivity index is 1.84. The summed E-state index contributed by atoms with van der Waals surface area (Å²) in [6, 6.07) is 4.30. The fraction of sp³-hybridized carbons (Fsp3) is 0.500. The van der Waals surface area contributed by atoms with Gasteiger partial charge in [0.1, 0.15) is 0 Å². The van der Waals surface area contributed by atoms with Gasteiger partial charge in [-0.2, -0.15) is 0 Å². The maximum atomic E-state index is 6.06. The Bertz CT molecular complexity index is 368. The second kappa shape index (κ2) is 5.93. The number of hydrogen-bond acceptors (Lipinski definition) is 3. The van der Waals surface area contributed by atoms with E-state index in [1.807, 2.05) is 12.1 Å². The highest BCUT2D eigenvalue weighted by atomic mass is 32.1. The van der Waals surface area contributed by atoms with Crippen molar-refractivity contribution >= 4 is 23.0 Å². The molecule has 0 spiro atoms. The molecule has 5 heteroatoms. The molecule has 2 rings (SSSR count). The van der Waals surface area contributed by atoms with Gasteiger partial charge in [0.05, 0.1) is 11.9 Å². The molecular weight excluding hydrogens is 232 g/mol. The molecule has 1 aliphatic carbocycles. The standard InChI is InChI=1S/C12H18N4S/c13-10-5-1-2-6-11(10)16-12(17)15-9-4-3-7-14-8-9/h3-4,7-8,10-11H,1-2,5-6,13H2,(H2,15,16,17)/t10-,11-/m1/s1. The SMILES string of the molecule is N[C@@H]1CCCC[C@H]1NC(=S)Nc1cccnc1. The molecule has 0 saturated heterocycles. The highest BCUT2D eigenvalue weighted by Gasteiger charge is 2.21. The van der Waals surface area contributed by atoms with E-state index in [-0.39, 0.29) is 6.04 Å². The first-order valence-corrected chi connectivity index (χ1v) is 6.39. The van der Waals surface area contributed by atoms with Crippen LogP contribution in [0.2, 0.25) is 0 Å². The predicted octanol–water partition coefficient (Wildman–Crippen LogP) is 1.64. The van der Waals surface area contributed by atoms with Crippen LogP contribution >= 0.6 is 12.2 Å². The van der Waals surface area contributed by atoms with E-state index in [9.17, 15) is 0 Å². The lowest BCUT2D eigenvalue weighted by molar-refractivity contribution is 0.361. The van der Waals surface area contributed by atoms with E-state index in [2.05, 4.69) is 15.6 Å². The Hall–Kier alpha value is -1.20. The van der Waals surface area contributed by atoms with Crippen LogP contribution < -0.4 is 16.4 Å². The van der Waals surface area contributed by atoms with Gasteiger partial charge in [0.25, 0.3) is 0 Å². The van der Waals surface area contributed by atoms with E-state index in [1.54, 1.807) is 12.4 Å². The molecule has 1 fully saturated rings. The summed E-state index contributed by atoms with van der Waals surface area (Å²) in [4.78, 5) is 4.02. The molecule has 92 valence electrons. The number of nitrogens with zero attached hydrogens (tertiary/aromatic N) is 1. The summed E-state index contributed by atoms with van der Waals surface area (Å²) in [7, 11) is 0. The predicted molar refractivity (Wildman–Crippen MR) is 73.8 cm³/mol. The first-order chi connectivity index (χ1) is 8.25. The summed E-state index contributed by atoms with van der Waals surface area (Å²) >= 11 is 5.26. The quantitative estimate of drug-likeness (QED) is 0.696. The van der Waals surface area contributed by atoms with Gasteiger partial charge in [-0.3, -0.25) is 4.98 Å². The zero-order valence-corrected chi connectivity index (χ0v) is 10.5. The van der Waals surface area contributed by atoms with Gasteiger partial charge in [-0.15, -0.1) is 0 Å². The number of thiocarbonyl (C=S) groups is 1. The van der Waals surface area contributed by atoms with Crippen molar-refractivity contribution in [2.24, 2.45) is 5.73 Å². The molecule has 1 aliphatic rings. The Morgan fingerprint density at radius 3 is 2.94 bits per heavy atom. The topological polar surface area (TPSA) is 63.0 Å². The molecule has 0 aliphatic heterocycles. The molecule has 0 radical (unpaired) electrons. The molecule has 1 heterocycles. The molecular formula is C12H18N4S. The van der Waals surface area contributed by atoms with Crippen molar-refractivity contribution in [1.29, 1.82) is 0 Å². The second-order valence-electron chi connectivity index (χ2n) is 4.39. The van der Waals surface area contributed by atoms with Gasteiger partial charge < -0.3 is 16.4 Å². The lowest BCUT2D eigenvalue weighted by Crippen LogP contribution is -2.50.